The van der Waals surface area contributed by atoms with E-state index in [9.17, 15) is 4.79 Å². The minimum Gasteiger partial charge on any atom is -0.352 e. The van der Waals surface area contributed by atoms with E-state index in [1.54, 1.807) is 23.1 Å². The first kappa shape index (κ1) is 20.4. The van der Waals surface area contributed by atoms with Crippen LogP contribution in [-0.4, -0.2) is 27.2 Å². The van der Waals surface area contributed by atoms with E-state index in [0.717, 1.165) is 32.7 Å². The summed E-state index contributed by atoms with van der Waals surface area (Å²) in [6, 6.07) is 19.7. The zero-order chi connectivity index (χ0) is 20.8. The Morgan fingerprint density at radius 2 is 1.87 bits per heavy atom. The second-order valence-electron chi connectivity index (χ2n) is 6.74. The fourth-order valence-electron chi connectivity index (χ4n) is 3.03. The zero-order valence-corrected chi connectivity index (χ0v) is 18.2. The number of hydrogen-bond donors (Lipinski definition) is 1. The summed E-state index contributed by atoms with van der Waals surface area (Å²) in [5, 5.41) is 10.7. The first-order valence-corrected chi connectivity index (χ1v) is 11.6. The van der Waals surface area contributed by atoms with E-state index in [1.807, 2.05) is 78.5 Å². The van der Waals surface area contributed by atoms with Crippen molar-refractivity contribution in [2.75, 3.05) is 6.54 Å². The first-order chi connectivity index (χ1) is 14.7. The molecule has 0 fully saturated rings. The molecule has 2 heterocycles. The summed E-state index contributed by atoms with van der Waals surface area (Å²) in [7, 11) is 0. The average molecular weight is 435 g/mol. The molecule has 1 amide bonds. The molecule has 2 aromatic carbocycles. The van der Waals surface area contributed by atoms with E-state index in [4.69, 9.17) is 0 Å². The number of thioether (sulfide) groups is 1. The Morgan fingerprint density at radius 1 is 1.07 bits per heavy atom. The van der Waals surface area contributed by atoms with Crippen LogP contribution < -0.4 is 5.32 Å². The molecule has 0 aliphatic heterocycles. The molecule has 5 nitrogen and oxygen atoms in total. The summed E-state index contributed by atoms with van der Waals surface area (Å²) in [6.45, 7) is 2.54. The number of nitrogens with zero attached hydrogens (tertiary/aromatic N) is 3. The lowest BCUT2D eigenvalue weighted by molar-refractivity contribution is 0.0951. The SMILES string of the molecule is Cc1nc(CSc2ccccc2C(=O)NCCc2ccn(-c3ccccc3)n2)cs1. The van der Waals surface area contributed by atoms with Crippen molar-refractivity contribution in [2.45, 2.75) is 24.0 Å². The number of thiazole rings is 1. The molecule has 4 aromatic rings. The maximum atomic E-state index is 12.7. The van der Waals surface area contributed by atoms with E-state index in [-0.39, 0.29) is 5.91 Å². The monoisotopic (exact) mass is 434 g/mol. The molecular formula is C23H22N4OS2. The Balaban J connectivity index is 1.33. The van der Waals surface area contributed by atoms with Crippen LogP contribution in [0.1, 0.15) is 26.8 Å². The highest BCUT2D eigenvalue weighted by Gasteiger charge is 2.12. The lowest BCUT2D eigenvalue weighted by atomic mass is 10.2. The lowest BCUT2D eigenvalue weighted by Crippen LogP contribution is -2.26. The van der Waals surface area contributed by atoms with Crippen LogP contribution in [0.15, 0.2) is 77.1 Å². The molecule has 152 valence electrons. The van der Waals surface area contributed by atoms with E-state index in [0.29, 0.717) is 18.5 Å². The Labute approximate surface area is 184 Å². The van der Waals surface area contributed by atoms with Crippen LogP contribution in [-0.2, 0) is 12.2 Å². The normalized spacial score (nSPS) is 10.8. The Morgan fingerprint density at radius 3 is 2.67 bits per heavy atom. The number of amides is 1. The van der Waals surface area contributed by atoms with Crippen molar-refractivity contribution in [1.29, 1.82) is 0 Å². The first-order valence-electron chi connectivity index (χ1n) is 9.70. The molecular weight excluding hydrogens is 412 g/mol. The third kappa shape index (κ3) is 5.17. The summed E-state index contributed by atoms with van der Waals surface area (Å²) < 4.78 is 1.85. The standard InChI is InChI=1S/C23H22N4OS2/c1-17-25-19(15-29-17)16-30-22-10-6-5-9-21(22)23(28)24-13-11-18-12-14-27(26-18)20-7-3-2-4-8-20/h2-10,12,14-15H,11,13,16H2,1H3,(H,24,28). The van der Waals surface area contributed by atoms with Gasteiger partial charge in [0.25, 0.3) is 5.91 Å². The van der Waals surface area contributed by atoms with Gasteiger partial charge in [-0.2, -0.15) is 5.10 Å². The zero-order valence-electron chi connectivity index (χ0n) is 16.6. The second kappa shape index (κ2) is 9.73. The average Bonchev–Trinajstić information content (AvgIpc) is 3.42. The van der Waals surface area contributed by atoms with E-state index < -0.39 is 0 Å². The molecule has 7 heteroatoms. The molecule has 0 aliphatic carbocycles. The summed E-state index contributed by atoms with van der Waals surface area (Å²) in [5.41, 5.74) is 3.71. The van der Waals surface area contributed by atoms with Gasteiger partial charge in [0.15, 0.2) is 0 Å². The molecule has 0 aliphatic rings. The van der Waals surface area contributed by atoms with Crippen molar-refractivity contribution in [1.82, 2.24) is 20.1 Å². The minimum atomic E-state index is -0.0601. The summed E-state index contributed by atoms with van der Waals surface area (Å²) in [5.74, 6) is 0.695. The number of aryl methyl sites for hydroxylation is 1. The Bertz CT molecular complexity index is 1120. The van der Waals surface area contributed by atoms with Gasteiger partial charge in [-0.25, -0.2) is 9.67 Å². The molecule has 2 aromatic heterocycles. The molecule has 0 saturated heterocycles. The van der Waals surface area contributed by atoms with Crippen LogP contribution in [0.3, 0.4) is 0 Å². The molecule has 0 radical (unpaired) electrons. The van der Waals surface area contributed by atoms with Crippen LogP contribution in [0.5, 0.6) is 0 Å². The van der Waals surface area contributed by atoms with Crippen molar-refractivity contribution < 1.29 is 4.79 Å². The van der Waals surface area contributed by atoms with Gasteiger partial charge in [0, 0.05) is 35.2 Å². The number of hydrogen-bond acceptors (Lipinski definition) is 5. The van der Waals surface area contributed by atoms with E-state index in [2.05, 4.69) is 20.8 Å². The third-order valence-corrected chi connectivity index (χ3v) is 6.43. The summed E-state index contributed by atoms with van der Waals surface area (Å²) in [4.78, 5) is 18.2. The molecule has 30 heavy (non-hydrogen) atoms. The van der Waals surface area contributed by atoms with Gasteiger partial charge in [0.2, 0.25) is 0 Å². The van der Waals surface area contributed by atoms with Crippen LogP contribution in [0.4, 0.5) is 0 Å². The number of aromatic nitrogens is 3. The largest absolute Gasteiger partial charge is 0.352 e. The van der Waals surface area contributed by atoms with Crippen molar-refractivity contribution in [2.24, 2.45) is 0 Å². The van der Waals surface area contributed by atoms with Gasteiger partial charge in [-0.3, -0.25) is 4.79 Å². The third-order valence-electron chi connectivity index (χ3n) is 4.51. The Kier molecular flexibility index (Phi) is 6.61. The lowest BCUT2D eigenvalue weighted by Gasteiger charge is -2.09. The highest BCUT2D eigenvalue weighted by molar-refractivity contribution is 7.98. The van der Waals surface area contributed by atoms with Gasteiger partial charge in [-0.1, -0.05) is 30.3 Å². The maximum Gasteiger partial charge on any atom is 0.252 e. The molecule has 0 unspecified atom stereocenters. The molecule has 4 rings (SSSR count). The summed E-state index contributed by atoms with van der Waals surface area (Å²) in [6.07, 6.45) is 2.62. The van der Waals surface area contributed by atoms with Crippen molar-refractivity contribution in [3.63, 3.8) is 0 Å². The van der Waals surface area contributed by atoms with Crippen molar-refractivity contribution in [3.8, 4) is 5.69 Å². The molecule has 0 saturated carbocycles. The fraction of sp³-hybridized carbons (Fsp3) is 0.174. The van der Waals surface area contributed by atoms with E-state index in [1.165, 1.54) is 0 Å². The van der Waals surface area contributed by atoms with Crippen molar-refractivity contribution in [3.05, 3.63) is 94.2 Å². The smallest absolute Gasteiger partial charge is 0.252 e. The quantitative estimate of drug-likeness (QED) is 0.401. The molecule has 1 N–H and O–H groups in total. The number of carbonyl (C=O) groups excluding carboxylic acids is 1. The fourth-order valence-corrected chi connectivity index (χ4v) is 4.69. The minimum absolute atomic E-state index is 0.0601. The van der Waals surface area contributed by atoms with Gasteiger partial charge >= 0.3 is 0 Å². The second-order valence-corrected chi connectivity index (χ2v) is 8.82. The number of para-hydroxylation sites is 1. The van der Waals surface area contributed by atoms with E-state index >= 15 is 0 Å². The molecule has 0 bridgehead atoms. The number of rotatable bonds is 8. The highest BCUT2D eigenvalue weighted by atomic mass is 32.2. The predicted octanol–water partition coefficient (Wildman–Crippen LogP) is 4.90. The van der Waals surface area contributed by atoms with Gasteiger partial charge < -0.3 is 5.32 Å². The number of benzene rings is 2. The summed E-state index contributed by atoms with van der Waals surface area (Å²) >= 11 is 3.29. The number of nitrogens with one attached hydrogen (secondary N) is 1. The molecule has 0 atom stereocenters. The van der Waals surface area contributed by atoms with Crippen LogP contribution in [0, 0.1) is 6.92 Å². The van der Waals surface area contributed by atoms with Crippen molar-refractivity contribution >= 4 is 29.0 Å². The topological polar surface area (TPSA) is 59.8 Å². The van der Waals surface area contributed by atoms with Gasteiger partial charge in [0.05, 0.1) is 27.6 Å². The van der Waals surface area contributed by atoms with Crippen LogP contribution >= 0.6 is 23.1 Å². The Hall–Kier alpha value is -2.90. The van der Waals surface area contributed by atoms with Gasteiger partial charge in [-0.05, 0) is 37.3 Å². The van der Waals surface area contributed by atoms with Gasteiger partial charge in [-0.15, -0.1) is 23.1 Å². The maximum absolute atomic E-state index is 12.7. The van der Waals surface area contributed by atoms with Crippen LogP contribution in [0.25, 0.3) is 5.69 Å². The highest BCUT2D eigenvalue weighted by Crippen LogP contribution is 2.26. The van der Waals surface area contributed by atoms with Gasteiger partial charge in [0.1, 0.15) is 0 Å². The number of carbonyl (C=O) groups is 1. The molecule has 0 spiro atoms. The predicted molar refractivity (Wildman–Crippen MR) is 122 cm³/mol. The van der Waals surface area contributed by atoms with Crippen LogP contribution in [0.2, 0.25) is 0 Å².